The molecule has 2 aliphatic rings. The number of aliphatic carboxylic acids is 1. The van der Waals surface area contributed by atoms with Crippen LogP contribution in [0.1, 0.15) is 59.7 Å². The highest BCUT2D eigenvalue weighted by Gasteiger charge is 2.54. The Morgan fingerprint density at radius 3 is 2.60 bits per heavy atom. The van der Waals surface area contributed by atoms with E-state index in [9.17, 15) is 14.7 Å². The first-order valence-electron chi connectivity index (χ1n) is 8.79. The molecule has 1 aromatic heterocycles. The van der Waals surface area contributed by atoms with Crippen LogP contribution >= 0.6 is 0 Å². The van der Waals surface area contributed by atoms with Gasteiger partial charge in [-0.2, -0.15) is 0 Å². The molecule has 1 amide bonds. The SMILES string of the molecule is O=C(O)C1c2ccccc2C(=O)N(Cc2ccco2)C12CCCCC2. The number of furan rings is 1. The van der Waals surface area contributed by atoms with Crippen molar-refractivity contribution in [3.8, 4) is 0 Å². The van der Waals surface area contributed by atoms with Gasteiger partial charge in [-0.3, -0.25) is 9.59 Å². The summed E-state index contributed by atoms with van der Waals surface area (Å²) in [6.07, 6.45) is 5.97. The second-order valence-corrected chi connectivity index (χ2v) is 6.99. The minimum Gasteiger partial charge on any atom is -0.481 e. The van der Waals surface area contributed by atoms with Crippen molar-refractivity contribution < 1.29 is 19.1 Å². The van der Waals surface area contributed by atoms with E-state index in [1.807, 2.05) is 12.1 Å². The maximum absolute atomic E-state index is 13.3. The largest absolute Gasteiger partial charge is 0.481 e. The topological polar surface area (TPSA) is 70.8 Å². The molecule has 1 saturated carbocycles. The number of hydrogen-bond acceptors (Lipinski definition) is 3. The zero-order chi connectivity index (χ0) is 17.4. The van der Waals surface area contributed by atoms with Crippen molar-refractivity contribution in [1.82, 2.24) is 4.90 Å². The van der Waals surface area contributed by atoms with E-state index in [4.69, 9.17) is 4.42 Å². The Kier molecular flexibility index (Phi) is 3.86. The lowest BCUT2D eigenvalue weighted by Crippen LogP contribution is -2.60. The van der Waals surface area contributed by atoms with Crippen LogP contribution in [0.25, 0.3) is 0 Å². The first kappa shape index (κ1) is 15.9. The van der Waals surface area contributed by atoms with Crippen molar-refractivity contribution in [2.45, 2.75) is 50.1 Å². The molecule has 1 unspecified atom stereocenters. The Bertz CT molecular complexity index is 790. The standard InChI is InChI=1S/C20H21NO4/c22-18-16-9-3-2-8-15(16)17(19(23)24)20(10-4-1-5-11-20)21(18)13-14-7-6-12-25-14/h2-3,6-9,12,17H,1,4-5,10-11,13H2,(H,23,24). The fourth-order valence-electron chi connectivity index (χ4n) is 4.61. The molecule has 1 atom stereocenters. The van der Waals surface area contributed by atoms with Gasteiger partial charge >= 0.3 is 5.97 Å². The molecule has 4 rings (SSSR count). The van der Waals surface area contributed by atoms with Gasteiger partial charge in [0.05, 0.1) is 18.3 Å². The molecule has 1 fully saturated rings. The van der Waals surface area contributed by atoms with Crippen LogP contribution in [-0.4, -0.2) is 27.4 Å². The summed E-state index contributed by atoms with van der Waals surface area (Å²) in [5.41, 5.74) is 0.470. The Morgan fingerprint density at radius 1 is 1.16 bits per heavy atom. The van der Waals surface area contributed by atoms with Crippen molar-refractivity contribution in [3.63, 3.8) is 0 Å². The summed E-state index contributed by atoms with van der Waals surface area (Å²) in [5.74, 6) is -0.962. The van der Waals surface area contributed by atoms with Crippen LogP contribution < -0.4 is 0 Å². The lowest BCUT2D eigenvalue weighted by molar-refractivity contribution is -0.144. The van der Waals surface area contributed by atoms with Crippen LogP contribution in [0.2, 0.25) is 0 Å². The van der Waals surface area contributed by atoms with E-state index in [-0.39, 0.29) is 5.91 Å². The summed E-state index contributed by atoms with van der Waals surface area (Å²) >= 11 is 0. The van der Waals surface area contributed by atoms with Crippen molar-refractivity contribution in [1.29, 1.82) is 0 Å². The zero-order valence-electron chi connectivity index (χ0n) is 14.0. The van der Waals surface area contributed by atoms with Crippen LogP contribution in [0.15, 0.2) is 47.1 Å². The van der Waals surface area contributed by atoms with E-state index < -0.39 is 17.4 Å². The second-order valence-electron chi connectivity index (χ2n) is 6.99. The molecule has 25 heavy (non-hydrogen) atoms. The first-order valence-corrected chi connectivity index (χ1v) is 8.79. The fourth-order valence-corrected chi connectivity index (χ4v) is 4.61. The van der Waals surface area contributed by atoms with Crippen LogP contribution in [0.5, 0.6) is 0 Å². The summed E-state index contributed by atoms with van der Waals surface area (Å²) < 4.78 is 5.46. The highest BCUT2D eigenvalue weighted by atomic mass is 16.4. The number of carbonyl (C=O) groups is 2. The molecule has 1 spiro atoms. The highest BCUT2D eigenvalue weighted by molar-refractivity contribution is 6.01. The molecule has 5 nitrogen and oxygen atoms in total. The Balaban J connectivity index is 1.88. The molecule has 2 aromatic rings. The number of amides is 1. The van der Waals surface area contributed by atoms with Crippen LogP contribution in [0, 0.1) is 0 Å². The second kappa shape index (κ2) is 6.06. The van der Waals surface area contributed by atoms with E-state index in [1.54, 1.807) is 35.4 Å². The summed E-state index contributed by atoms with van der Waals surface area (Å²) in [6, 6.07) is 10.8. The van der Waals surface area contributed by atoms with Crippen molar-refractivity contribution in [2.24, 2.45) is 0 Å². The molecule has 0 bridgehead atoms. The van der Waals surface area contributed by atoms with E-state index in [0.717, 1.165) is 19.3 Å². The lowest BCUT2D eigenvalue weighted by atomic mass is 9.65. The molecule has 1 N–H and O–H groups in total. The lowest BCUT2D eigenvalue weighted by Gasteiger charge is -2.52. The monoisotopic (exact) mass is 339 g/mol. The number of nitrogens with zero attached hydrogens (tertiary/aromatic N) is 1. The quantitative estimate of drug-likeness (QED) is 0.923. The predicted octanol–water partition coefficient (Wildman–Crippen LogP) is 3.81. The number of benzene rings is 1. The van der Waals surface area contributed by atoms with Gasteiger partial charge in [-0.25, -0.2) is 0 Å². The molecule has 0 saturated heterocycles. The van der Waals surface area contributed by atoms with E-state index in [2.05, 4.69) is 0 Å². The molecule has 2 heterocycles. The van der Waals surface area contributed by atoms with E-state index in [0.29, 0.717) is 36.3 Å². The molecule has 0 radical (unpaired) electrons. The van der Waals surface area contributed by atoms with Gasteiger partial charge in [0.1, 0.15) is 11.7 Å². The van der Waals surface area contributed by atoms with Gasteiger partial charge in [0.2, 0.25) is 0 Å². The average molecular weight is 339 g/mol. The Labute approximate surface area is 146 Å². The normalized spacial score (nSPS) is 22.0. The number of rotatable bonds is 3. The molecule has 130 valence electrons. The highest BCUT2D eigenvalue weighted by Crippen LogP contribution is 2.49. The number of carboxylic acids is 1. The minimum atomic E-state index is -0.855. The van der Waals surface area contributed by atoms with Gasteiger partial charge in [0.15, 0.2) is 0 Å². The van der Waals surface area contributed by atoms with Gasteiger partial charge in [-0.05, 0) is 36.6 Å². The Morgan fingerprint density at radius 2 is 1.92 bits per heavy atom. The Hall–Kier alpha value is -2.56. The number of carbonyl (C=O) groups excluding carboxylic acids is 1. The van der Waals surface area contributed by atoms with Crippen LogP contribution in [-0.2, 0) is 11.3 Å². The van der Waals surface area contributed by atoms with E-state index >= 15 is 0 Å². The molecule has 1 aromatic carbocycles. The zero-order valence-corrected chi connectivity index (χ0v) is 14.0. The first-order chi connectivity index (χ1) is 12.1. The van der Waals surface area contributed by atoms with Crippen molar-refractivity contribution in [2.75, 3.05) is 0 Å². The molecular formula is C20H21NO4. The van der Waals surface area contributed by atoms with Gasteiger partial charge in [-0.1, -0.05) is 37.5 Å². The summed E-state index contributed by atoms with van der Waals surface area (Å²) in [5, 5.41) is 10.1. The number of carboxylic acid groups (broad SMARTS) is 1. The van der Waals surface area contributed by atoms with E-state index in [1.165, 1.54) is 0 Å². The third-order valence-corrected chi connectivity index (χ3v) is 5.68. The number of hydrogen-bond donors (Lipinski definition) is 1. The maximum Gasteiger partial charge on any atom is 0.313 e. The van der Waals surface area contributed by atoms with Crippen molar-refractivity contribution >= 4 is 11.9 Å². The summed E-state index contributed by atoms with van der Waals surface area (Å²) in [6.45, 7) is 0.309. The maximum atomic E-state index is 13.3. The minimum absolute atomic E-state index is 0.0913. The third-order valence-electron chi connectivity index (χ3n) is 5.68. The van der Waals surface area contributed by atoms with Gasteiger partial charge in [0.25, 0.3) is 5.91 Å². The molecular weight excluding hydrogens is 318 g/mol. The van der Waals surface area contributed by atoms with Crippen LogP contribution in [0.3, 0.4) is 0 Å². The van der Waals surface area contributed by atoms with Crippen molar-refractivity contribution in [3.05, 3.63) is 59.5 Å². The van der Waals surface area contributed by atoms with Crippen LogP contribution in [0.4, 0.5) is 0 Å². The smallest absolute Gasteiger partial charge is 0.313 e. The van der Waals surface area contributed by atoms with Gasteiger partial charge in [-0.15, -0.1) is 0 Å². The molecule has 5 heteroatoms. The predicted molar refractivity (Wildman–Crippen MR) is 91.2 cm³/mol. The third kappa shape index (κ3) is 2.46. The number of fused-ring (bicyclic) bond motifs is 1. The molecule has 1 aliphatic carbocycles. The molecule has 1 aliphatic heterocycles. The van der Waals surface area contributed by atoms with Gasteiger partial charge in [0, 0.05) is 5.56 Å². The summed E-state index contributed by atoms with van der Waals surface area (Å²) in [4.78, 5) is 27.3. The summed E-state index contributed by atoms with van der Waals surface area (Å²) in [7, 11) is 0. The van der Waals surface area contributed by atoms with Gasteiger partial charge < -0.3 is 14.4 Å². The fraction of sp³-hybridized carbons (Fsp3) is 0.400. The average Bonchev–Trinajstić information content (AvgIpc) is 3.13.